The van der Waals surface area contributed by atoms with Gasteiger partial charge in [0.2, 0.25) is 5.91 Å². The first-order valence-electron chi connectivity index (χ1n) is 4.15. The molecule has 0 fully saturated rings. The molecule has 0 saturated carbocycles. The molecule has 4 nitrogen and oxygen atoms in total. The molecule has 0 atom stereocenters. The number of thiazole rings is 1. The number of aromatic nitrogens is 1. The maximum Gasteiger partial charge on any atom is 0.243 e. The maximum atomic E-state index is 10.9. The van der Waals surface area contributed by atoms with Crippen LogP contribution in [-0.2, 0) is 11.3 Å². The zero-order chi connectivity index (χ0) is 10.6. The van der Waals surface area contributed by atoms with Gasteiger partial charge in [0.25, 0.3) is 0 Å². The van der Waals surface area contributed by atoms with Crippen LogP contribution < -0.4 is 10.2 Å². The molecule has 0 radical (unpaired) electrons. The zero-order valence-electron chi connectivity index (χ0n) is 8.28. The van der Waals surface area contributed by atoms with E-state index in [1.54, 1.807) is 11.3 Å². The van der Waals surface area contributed by atoms with Crippen molar-refractivity contribution in [1.29, 1.82) is 0 Å². The summed E-state index contributed by atoms with van der Waals surface area (Å²) in [6.07, 6.45) is 1.25. The van der Waals surface area contributed by atoms with Crippen molar-refractivity contribution in [1.82, 2.24) is 10.3 Å². The topological polar surface area (TPSA) is 45.2 Å². The highest BCUT2D eigenvalue weighted by Gasteiger charge is 2.03. The van der Waals surface area contributed by atoms with E-state index >= 15 is 0 Å². The fourth-order valence-electron chi connectivity index (χ4n) is 0.833. The van der Waals surface area contributed by atoms with Gasteiger partial charge in [-0.25, -0.2) is 4.98 Å². The first-order chi connectivity index (χ1) is 6.63. The Bertz CT molecular complexity index is 333. The number of rotatable bonds is 4. The van der Waals surface area contributed by atoms with Crippen LogP contribution in [0.15, 0.2) is 18.0 Å². The highest BCUT2D eigenvalue weighted by atomic mass is 32.1. The zero-order valence-corrected chi connectivity index (χ0v) is 9.10. The second kappa shape index (κ2) is 4.76. The number of nitrogens with one attached hydrogen (secondary N) is 1. The van der Waals surface area contributed by atoms with Crippen molar-refractivity contribution in [3.8, 4) is 0 Å². The van der Waals surface area contributed by atoms with Crippen LogP contribution >= 0.6 is 11.3 Å². The molecule has 0 aliphatic heterocycles. The Labute approximate surface area is 87.3 Å². The molecule has 1 amide bonds. The van der Waals surface area contributed by atoms with Gasteiger partial charge in [-0.1, -0.05) is 6.58 Å². The van der Waals surface area contributed by atoms with Crippen molar-refractivity contribution in [2.45, 2.75) is 6.54 Å². The van der Waals surface area contributed by atoms with E-state index in [-0.39, 0.29) is 5.91 Å². The lowest BCUT2D eigenvalue weighted by molar-refractivity contribution is -0.116. The summed E-state index contributed by atoms with van der Waals surface area (Å²) in [6, 6.07) is 0. The molecule has 0 spiro atoms. The number of amides is 1. The van der Waals surface area contributed by atoms with Gasteiger partial charge in [-0.2, -0.15) is 0 Å². The molecule has 5 heteroatoms. The molecule has 76 valence electrons. The van der Waals surface area contributed by atoms with Crippen LogP contribution in [-0.4, -0.2) is 25.0 Å². The summed E-state index contributed by atoms with van der Waals surface area (Å²) in [6.45, 7) is 3.82. The highest BCUT2D eigenvalue weighted by molar-refractivity contribution is 7.13. The lowest BCUT2D eigenvalue weighted by Gasteiger charge is -2.05. The average Bonchev–Trinajstić information content (AvgIpc) is 2.62. The van der Waals surface area contributed by atoms with Gasteiger partial charge in [-0.15, -0.1) is 11.3 Å². The van der Waals surface area contributed by atoms with E-state index in [1.807, 2.05) is 24.4 Å². The Hall–Kier alpha value is -1.36. The number of hydrogen-bond acceptors (Lipinski definition) is 4. The molecular formula is C9H13N3OS. The number of anilines is 1. The third-order valence-corrected chi connectivity index (χ3v) is 2.61. The molecule has 1 heterocycles. The van der Waals surface area contributed by atoms with E-state index in [1.165, 1.54) is 6.08 Å². The molecule has 1 rings (SSSR count). The predicted octanol–water partition coefficient (Wildman–Crippen LogP) is 1.01. The van der Waals surface area contributed by atoms with E-state index < -0.39 is 0 Å². The third kappa shape index (κ3) is 2.85. The molecular weight excluding hydrogens is 198 g/mol. The Kier molecular flexibility index (Phi) is 3.64. The summed E-state index contributed by atoms with van der Waals surface area (Å²) in [5, 5.41) is 5.54. The van der Waals surface area contributed by atoms with Crippen LogP contribution in [0.25, 0.3) is 0 Å². The van der Waals surface area contributed by atoms with Crippen LogP contribution in [0.1, 0.15) is 5.69 Å². The monoisotopic (exact) mass is 211 g/mol. The molecule has 1 N–H and O–H groups in total. The van der Waals surface area contributed by atoms with Gasteiger partial charge in [0.1, 0.15) is 0 Å². The van der Waals surface area contributed by atoms with Crippen molar-refractivity contribution < 1.29 is 4.79 Å². The SMILES string of the molecule is C=CC(=O)NCc1csc(N(C)C)n1. The number of hydrogen-bond donors (Lipinski definition) is 1. The van der Waals surface area contributed by atoms with Gasteiger partial charge in [-0.05, 0) is 6.08 Å². The van der Waals surface area contributed by atoms with E-state index in [4.69, 9.17) is 0 Å². The Balaban J connectivity index is 2.51. The first-order valence-corrected chi connectivity index (χ1v) is 5.03. The van der Waals surface area contributed by atoms with Gasteiger partial charge in [-0.3, -0.25) is 4.79 Å². The first kappa shape index (κ1) is 10.7. The molecule has 0 bridgehead atoms. The Morgan fingerprint density at radius 1 is 1.79 bits per heavy atom. The molecule has 1 aromatic heterocycles. The molecule has 0 aliphatic carbocycles. The Morgan fingerprint density at radius 3 is 3.00 bits per heavy atom. The van der Waals surface area contributed by atoms with E-state index in [0.717, 1.165) is 10.8 Å². The molecule has 0 aromatic carbocycles. The summed E-state index contributed by atoms with van der Waals surface area (Å²) in [5.41, 5.74) is 0.869. The minimum Gasteiger partial charge on any atom is -0.354 e. The van der Waals surface area contributed by atoms with Crippen LogP contribution in [0.3, 0.4) is 0 Å². The number of carbonyl (C=O) groups excluding carboxylic acids is 1. The summed E-state index contributed by atoms with van der Waals surface area (Å²) >= 11 is 1.55. The average molecular weight is 211 g/mol. The summed E-state index contributed by atoms with van der Waals surface area (Å²) < 4.78 is 0. The van der Waals surface area contributed by atoms with Crippen molar-refractivity contribution in [3.63, 3.8) is 0 Å². The van der Waals surface area contributed by atoms with Crippen molar-refractivity contribution in [3.05, 3.63) is 23.7 Å². The van der Waals surface area contributed by atoms with Crippen molar-refractivity contribution >= 4 is 22.4 Å². The van der Waals surface area contributed by atoms with Gasteiger partial charge in [0.05, 0.1) is 12.2 Å². The second-order valence-corrected chi connectivity index (χ2v) is 3.77. The Morgan fingerprint density at radius 2 is 2.50 bits per heavy atom. The van der Waals surface area contributed by atoms with Gasteiger partial charge in [0.15, 0.2) is 5.13 Å². The molecule has 1 aromatic rings. The fourth-order valence-corrected chi connectivity index (χ4v) is 1.59. The van der Waals surface area contributed by atoms with Crippen LogP contribution in [0.4, 0.5) is 5.13 Å². The fraction of sp³-hybridized carbons (Fsp3) is 0.333. The highest BCUT2D eigenvalue weighted by Crippen LogP contribution is 2.17. The summed E-state index contributed by atoms with van der Waals surface area (Å²) in [7, 11) is 3.87. The van der Waals surface area contributed by atoms with Gasteiger partial charge in [0, 0.05) is 19.5 Å². The minimum atomic E-state index is -0.176. The smallest absolute Gasteiger partial charge is 0.243 e. The minimum absolute atomic E-state index is 0.176. The van der Waals surface area contributed by atoms with Crippen molar-refractivity contribution in [2.24, 2.45) is 0 Å². The van der Waals surface area contributed by atoms with Gasteiger partial charge < -0.3 is 10.2 Å². The van der Waals surface area contributed by atoms with Crippen LogP contribution in [0.5, 0.6) is 0 Å². The molecule has 0 saturated heterocycles. The van der Waals surface area contributed by atoms with E-state index in [2.05, 4.69) is 16.9 Å². The maximum absolute atomic E-state index is 10.9. The molecule has 0 aliphatic rings. The normalized spacial score (nSPS) is 9.57. The lowest BCUT2D eigenvalue weighted by atomic mass is 10.4. The van der Waals surface area contributed by atoms with Crippen LogP contribution in [0, 0.1) is 0 Å². The van der Waals surface area contributed by atoms with E-state index in [9.17, 15) is 4.79 Å². The van der Waals surface area contributed by atoms with Crippen molar-refractivity contribution in [2.75, 3.05) is 19.0 Å². The largest absolute Gasteiger partial charge is 0.354 e. The number of nitrogens with zero attached hydrogens (tertiary/aromatic N) is 2. The predicted molar refractivity (Wildman–Crippen MR) is 58.5 cm³/mol. The third-order valence-electron chi connectivity index (χ3n) is 1.55. The standard InChI is InChI=1S/C9H13N3OS/c1-4-8(13)10-5-7-6-14-9(11-7)12(2)3/h4,6H,1,5H2,2-3H3,(H,10,13). The van der Waals surface area contributed by atoms with E-state index in [0.29, 0.717) is 6.54 Å². The lowest BCUT2D eigenvalue weighted by Crippen LogP contribution is -2.20. The summed E-state index contributed by atoms with van der Waals surface area (Å²) in [5.74, 6) is -0.176. The van der Waals surface area contributed by atoms with Crippen LogP contribution in [0.2, 0.25) is 0 Å². The molecule has 0 unspecified atom stereocenters. The molecule has 14 heavy (non-hydrogen) atoms. The second-order valence-electron chi connectivity index (χ2n) is 2.94. The quantitative estimate of drug-likeness (QED) is 0.756. The summed E-state index contributed by atoms with van der Waals surface area (Å²) in [4.78, 5) is 17.1. The number of carbonyl (C=O) groups is 1. The van der Waals surface area contributed by atoms with Gasteiger partial charge >= 0.3 is 0 Å².